The summed E-state index contributed by atoms with van der Waals surface area (Å²) in [5, 5.41) is 0. The Morgan fingerprint density at radius 3 is 2.50 bits per heavy atom. The number of carbonyl (C=O) groups is 1. The largest absolute Gasteiger partial charge is 0.356 e. The van der Waals surface area contributed by atoms with Gasteiger partial charge in [0.05, 0.1) is 0 Å². The van der Waals surface area contributed by atoms with E-state index >= 15 is 0 Å². The van der Waals surface area contributed by atoms with Crippen molar-refractivity contribution in [3.8, 4) is 0 Å². The predicted molar refractivity (Wildman–Crippen MR) is 77.8 cm³/mol. The number of nitrogens with zero attached hydrogens (tertiary/aromatic N) is 2. The van der Waals surface area contributed by atoms with E-state index in [9.17, 15) is 4.79 Å². The molecule has 0 bridgehead atoms. The summed E-state index contributed by atoms with van der Waals surface area (Å²) in [6, 6.07) is 1.82. The number of hydrogen-bond acceptors (Lipinski definition) is 2. The van der Waals surface area contributed by atoms with Gasteiger partial charge in [-0.3, -0.25) is 4.79 Å². The predicted octanol–water partition coefficient (Wildman–Crippen LogP) is 2.44. The van der Waals surface area contributed by atoms with Crippen LogP contribution in [0.1, 0.15) is 24.3 Å². The van der Waals surface area contributed by atoms with Gasteiger partial charge in [0.25, 0.3) is 5.91 Å². The number of aromatic amines is 1. The molecule has 0 saturated heterocycles. The molecule has 0 fully saturated rings. The van der Waals surface area contributed by atoms with Crippen molar-refractivity contribution in [1.29, 1.82) is 0 Å². The molecular weight excluding hydrogens is 294 g/mol. The molecule has 0 radical (unpaired) electrons. The van der Waals surface area contributed by atoms with E-state index in [0.29, 0.717) is 11.6 Å². The molecule has 1 aromatic heterocycles. The highest BCUT2D eigenvalue weighted by molar-refractivity contribution is 9.10. The number of amides is 1. The summed E-state index contributed by atoms with van der Waals surface area (Å²) in [5.41, 5.74) is 0.640. The van der Waals surface area contributed by atoms with Gasteiger partial charge in [-0.25, -0.2) is 0 Å². The topological polar surface area (TPSA) is 39.3 Å². The summed E-state index contributed by atoms with van der Waals surface area (Å²) in [7, 11) is 4.03. The van der Waals surface area contributed by atoms with Crippen molar-refractivity contribution in [2.24, 2.45) is 5.92 Å². The zero-order valence-corrected chi connectivity index (χ0v) is 13.1. The van der Waals surface area contributed by atoms with E-state index in [-0.39, 0.29) is 5.91 Å². The van der Waals surface area contributed by atoms with E-state index in [4.69, 9.17) is 0 Å². The van der Waals surface area contributed by atoms with E-state index in [0.717, 1.165) is 24.1 Å². The molecule has 0 aliphatic rings. The molecule has 0 atom stereocenters. The van der Waals surface area contributed by atoms with Crippen molar-refractivity contribution in [2.45, 2.75) is 13.8 Å². The van der Waals surface area contributed by atoms with Gasteiger partial charge in [-0.15, -0.1) is 0 Å². The van der Waals surface area contributed by atoms with E-state index in [1.54, 1.807) is 6.20 Å². The average Bonchev–Trinajstić information content (AvgIpc) is 2.69. The summed E-state index contributed by atoms with van der Waals surface area (Å²) >= 11 is 3.35. The minimum atomic E-state index is 0.0660. The van der Waals surface area contributed by atoms with Gasteiger partial charge in [0.2, 0.25) is 0 Å². The Balaban J connectivity index is 2.72. The molecule has 0 saturated carbocycles. The first-order valence-electron chi connectivity index (χ1n) is 6.18. The lowest BCUT2D eigenvalue weighted by atomic mass is 10.2. The van der Waals surface area contributed by atoms with Gasteiger partial charge in [0.15, 0.2) is 0 Å². The van der Waals surface area contributed by atoms with Crippen LogP contribution in [-0.2, 0) is 0 Å². The standard InChI is InChI=1S/C13H22BrN3O/c1-10(2)9-17(6-5-16(3)4)13(18)12-7-11(14)8-15-12/h7-8,10,15H,5-6,9H2,1-4H3. The second kappa shape index (κ2) is 6.95. The number of likely N-dealkylation sites (N-methyl/N-ethyl adjacent to an activating group) is 1. The average molecular weight is 316 g/mol. The number of aromatic nitrogens is 1. The fraction of sp³-hybridized carbons (Fsp3) is 0.615. The van der Waals surface area contributed by atoms with Crippen molar-refractivity contribution in [2.75, 3.05) is 33.7 Å². The molecular formula is C13H22BrN3O. The highest BCUT2D eigenvalue weighted by Crippen LogP contribution is 2.13. The lowest BCUT2D eigenvalue weighted by Crippen LogP contribution is -2.39. The number of nitrogens with one attached hydrogen (secondary N) is 1. The molecule has 0 unspecified atom stereocenters. The van der Waals surface area contributed by atoms with Gasteiger partial charge in [-0.05, 0) is 42.0 Å². The Hall–Kier alpha value is -0.810. The van der Waals surface area contributed by atoms with Crippen LogP contribution in [0.2, 0.25) is 0 Å². The Morgan fingerprint density at radius 1 is 1.39 bits per heavy atom. The van der Waals surface area contributed by atoms with E-state index in [1.807, 2.05) is 25.1 Å². The quantitative estimate of drug-likeness (QED) is 0.875. The SMILES string of the molecule is CC(C)CN(CCN(C)C)C(=O)c1cc(Br)c[nH]1. The number of hydrogen-bond donors (Lipinski definition) is 1. The molecule has 1 amide bonds. The first kappa shape index (κ1) is 15.2. The van der Waals surface area contributed by atoms with Gasteiger partial charge in [0.1, 0.15) is 5.69 Å². The maximum absolute atomic E-state index is 12.4. The Bertz CT molecular complexity index is 387. The third-order valence-corrected chi connectivity index (χ3v) is 3.03. The van der Waals surface area contributed by atoms with Crippen LogP contribution in [0.25, 0.3) is 0 Å². The molecule has 1 rings (SSSR count). The smallest absolute Gasteiger partial charge is 0.270 e. The lowest BCUT2D eigenvalue weighted by Gasteiger charge is -2.25. The summed E-state index contributed by atoms with van der Waals surface area (Å²) in [5.74, 6) is 0.533. The molecule has 5 heteroatoms. The Kier molecular flexibility index (Phi) is 5.88. The van der Waals surface area contributed by atoms with Crippen LogP contribution in [0.4, 0.5) is 0 Å². The molecule has 18 heavy (non-hydrogen) atoms. The maximum Gasteiger partial charge on any atom is 0.270 e. The van der Waals surface area contributed by atoms with E-state index in [1.165, 1.54) is 0 Å². The lowest BCUT2D eigenvalue weighted by molar-refractivity contribution is 0.0719. The van der Waals surface area contributed by atoms with Crippen LogP contribution in [0.3, 0.4) is 0 Å². The molecule has 0 spiro atoms. The monoisotopic (exact) mass is 315 g/mol. The van der Waals surface area contributed by atoms with Crippen LogP contribution in [0.15, 0.2) is 16.7 Å². The number of rotatable bonds is 6. The molecule has 0 aliphatic heterocycles. The Labute approximate surface area is 117 Å². The van der Waals surface area contributed by atoms with Gasteiger partial charge in [-0.2, -0.15) is 0 Å². The third-order valence-electron chi connectivity index (χ3n) is 2.57. The maximum atomic E-state index is 12.4. The molecule has 1 heterocycles. The third kappa shape index (κ3) is 4.82. The first-order valence-corrected chi connectivity index (χ1v) is 6.97. The van der Waals surface area contributed by atoms with Gasteiger partial charge < -0.3 is 14.8 Å². The number of carbonyl (C=O) groups excluding carboxylic acids is 1. The Morgan fingerprint density at radius 2 is 2.06 bits per heavy atom. The van der Waals surface area contributed by atoms with Crippen LogP contribution in [-0.4, -0.2) is 54.4 Å². The van der Waals surface area contributed by atoms with E-state index < -0.39 is 0 Å². The molecule has 0 aliphatic carbocycles. The molecule has 102 valence electrons. The molecule has 1 aromatic rings. The van der Waals surface area contributed by atoms with Gasteiger partial charge in [-0.1, -0.05) is 13.8 Å². The number of H-pyrrole nitrogens is 1. The number of halogens is 1. The second-order valence-electron chi connectivity index (χ2n) is 5.18. The van der Waals surface area contributed by atoms with Gasteiger partial charge >= 0.3 is 0 Å². The zero-order chi connectivity index (χ0) is 13.7. The van der Waals surface area contributed by atoms with Gasteiger partial charge in [0, 0.05) is 30.3 Å². The highest BCUT2D eigenvalue weighted by Gasteiger charge is 2.18. The van der Waals surface area contributed by atoms with Crippen LogP contribution < -0.4 is 0 Å². The van der Waals surface area contributed by atoms with E-state index in [2.05, 4.69) is 39.7 Å². The van der Waals surface area contributed by atoms with Crippen molar-refractivity contribution < 1.29 is 4.79 Å². The molecule has 0 aromatic carbocycles. The summed E-state index contributed by atoms with van der Waals surface area (Å²) in [6.07, 6.45) is 1.78. The summed E-state index contributed by atoms with van der Waals surface area (Å²) in [4.78, 5) is 19.4. The van der Waals surface area contributed by atoms with Crippen molar-refractivity contribution >= 4 is 21.8 Å². The van der Waals surface area contributed by atoms with Crippen molar-refractivity contribution in [3.05, 3.63) is 22.4 Å². The van der Waals surface area contributed by atoms with Crippen molar-refractivity contribution in [1.82, 2.24) is 14.8 Å². The second-order valence-corrected chi connectivity index (χ2v) is 6.10. The summed E-state index contributed by atoms with van der Waals surface area (Å²) in [6.45, 7) is 6.66. The van der Waals surface area contributed by atoms with Crippen LogP contribution in [0, 0.1) is 5.92 Å². The zero-order valence-electron chi connectivity index (χ0n) is 11.5. The normalized spacial score (nSPS) is 11.3. The van der Waals surface area contributed by atoms with Crippen molar-refractivity contribution in [3.63, 3.8) is 0 Å². The minimum absolute atomic E-state index is 0.0660. The summed E-state index contributed by atoms with van der Waals surface area (Å²) < 4.78 is 0.906. The molecule has 1 N–H and O–H groups in total. The minimum Gasteiger partial charge on any atom is -0.356 e. The molecule has 4 nitrogen and oxygen atoms in total. The fourth-order valence-corrected chi connectivity index (χ4v) is 2.04. The first-order chi connectivity index (χ1) is 8.40. The van der Waals surface area contributed by atoms with Crippen LogP contribution in [0.5, 0.6) is 0 Å². The highest BCUT2D eigenvalue weighted by atomic mass is 79.9. The fourth-order valence-electron chi connectivity index (χ4n) is 1.70. The van der Waals surface area contributed by atoms with Crippen LogP contribution >= 0.6 is 15.9 Å².